The fourth-order valence-corrected chi connectivity index (χ4v) is 4.10. The number of nitro groups is 1. The molecule has 1 fully saturated rings. The van der Waals surface area contributed by atoms with Gasteiger partial charge in [0.1, 0.15) is 0 Å². The minimum Gasteiger partial charge on any atom is -0.380 e. The molecular weight excluding hydrogens is 392 g/mol. The van der Waals surface area contributed by atoms with Crippen LogP contribution in [-0.4, -0.2) is 28.8 Å². The number of likely N-dealkylation sites (tertiary alicyclic amines) is 1. The number of hydrogen-bond donors (Lipinski definition) is 2. The standard InChI is InChI=1S/C21H25ClN4O3/c1-14-8-18(26(28)29)10-19(22)20(14)24-11-15-4-2-5-16(9-15)12-25-7-3-6-17(13-25)21(23)27/h2,4-5,8-10,17,24H,3,6-7,11-13H2,1H3,(H2,23,27). The van der Waals surface area contributed by atoms with E-state index in [2.05, 4.69) is 22.3 Å². The number of amides is 1. The molecule has 0 bridgehead atoms. The first-order valence-corrected chi connectivity index (χ1v) is 9.99. The minimum atomic E-state index is -0.449. The number of non-ortho nitro benzene ring substituents is 1. The van der Waals surface area contributed by atoms with Crippen LogP contribution in [0.15, 0.2) is 36.4 Å². The summed E-state index contributed by atoms with van der Waals surface area (Å²) in [5.74, 6) is -0.288. The Hall–Kier alpha value is -2.64. The first-order chi connectivity index (χ1) is 13.8. The molecule has 3 N–H and O–H groups in total. The summed E-state index contributed by atoms with van der Waals surface area (Å²) in [6, 6.07) is 11.1. The van der Waals surface area contributed by atoms with Crippen LogP contribution in [0.5, 0.6) is 0 Å². The van der Waals surface area contributed by atoms with Crippen LogP contribution in [0, 0.1) is 23.0 Å². The molecule has 2 aromatic rings. The molecule has 1 amide bonds. The van der Waals surface area contributed by atoms with Crippen molar-refractivity contribution in [3.8, 4) is 0 Å². The third-order valence-corrected chi connectivity index (χ3v) is 5.56. The summed E-state index contributed by atoms with van der Waals surface area (Å²) in [4.78, 5) is 24.2. The zero-order chi connectivity index (χ0) is 21.0. The van der Waals surface area contributed by atoms with Gasteiger partial charge in [-0.1, -0.05) is 35.9 Å². The Balaban J connectivity index is 1.65. The number of hydrogen-bond acceptors (Lipinski definition) is 5. The topological polar surface area (TPSA) is 102 Å². The Morgan fingerprint density at radius 3 is 2.79 bits per heavy atom. The number of primary amides is 1. The van der Waals surface area contributed by atoms with Gasteiger partial charge in [0.05, 0.1) is 21.6 Å². The number of nitrogens with zero attached hydrogens (tertiary/aromatic N) is 2. The Morgan fingerprint density at radius 2 is 2.10 bits per heavy atom. The molecule has 1 atom stereocenters. The number of nitrogens with one attached hydrogen (secondary N) is 1. The first kappa shape index (κ1) is 21.1. The number of halogens is 1. The van der Waals surface area contributed by atoms with Gasteiger partial charge in [-0.15, -0.1) is 0 Å². The fraction of sp³-hybridized carbons (Fsp3) is 0.381. The van der Waals surface area contributed by atoms with Gasteiger partial charge < -0.3 is 11.1 Å². The zero-order valence-corrected chi connectivity index (χ0v) is 17.1. The molecule has 0 aromatic heterocycles. The second-order valence-corrected chi connectivity index (χ2v) is 7.93. The highest BCUT2D eigenvalue weighted by molar-refractivity contribution is 6.33. The second-order valence-electron chi connectivity index (χ2n) is 7.53. The Kier molecular flexibility index (Phi) is 6.71. The van der Waals surface area contributed by atoms with Gasteiger partial charge >= 0.3 is 0 Å². The van der Waals surface area contributed by atoms with E-state index in [-0.39, 0.29) is 17.5 Å². The molecule has 0 aliphatic carbocycles. The van der Waals surface area contributed by atoms with Gasteiger partial charge in [0.2, 0.25) is 5.91 Å². The highest BCUT2D eigenvalue weighted by atomic mass is 35.5. The molecule has 0 spiro atoms. The molecule has 8 heteroatoms. The molecule has 1 unspecified atom stereocenters. The normalized spacial score (nSPS) is 17.1. The lowest BCUT2D eigenvalue weighted by Crippen LogP contribution is -2.40. The van der Waals surface area contributed by atoms with E-state index in [0.29, 0.717) is 23.8 Å². The molecule has 29 heavy (non-hydrogen) atoms. The lowest BCUT2D eigenvalue weighted by atomic mass is 9.97. The monoisotopic (exact) mass is 416 g/mol. The maximum Gasteiger partial charge on any atom is 0.271 e. The number of anilines is 1. The van der Waals surface area contributed by atoms with E-state index in [4.69, 9.17) is 17.3 Å². The van der Waals surface area contributed by atoms with E-state index in [1.165, 1.54) is 17.7 Å². The van der Waals surface area contributed by atoms with Crippen LogP contribution in [-0.2, 0) is 17.9 Å². The highest BCUT2D eigenvalue weighted by Crippen LogP contribution is 2.31. The molecule has 1 saturated heterocycles. The van der Waals surface area contributed by atoms with Crippen LogP contribution < -0.4 is 11.1 Å². The third kappa shape index (κ3) is 5.46. The van der Waals surface area contributed by atoms with Crippen molar-refractivity contribution in [2.75, 3.05) is 18.4 Å². The third-order valence-electron chi connectivity index (χ3n) is 5.26. The number of nitro benzene ring substituents is 1. The van der Waals surface area contributed by atoms with Crippen molar-refractivity contribution in [3.05, 3.63) is 68.2 Å². The summed E-state index contributed by atoms with van der Waals surface area (Å²) in [6.07, 6.45) is 1.85. The van der Waals surface area contributed by atoms with Gasteiger partial charge in [-0.2, -0.15) is 0 Å². The largest absolute Gasteiger partial charge is 0.380 e. The van der Waals surface area contributed by atoms with E-state index in [0.717, 1.165) is 37.1 Å². The van der Waals surface area contributed by atoms with Crippen LogP contribution in [0.25, 0.3) is 0 Å². The zero-order valence-electron chi connectivity index (χ0n) is 16.4. The molecule has 1 heterocycles. The predicted molar refractivity (Wildman–Crippen MR) is 114 cm³/mol. The van der Waals surface area contributed by atoms with Crippen LogP contribution in [0.2, 0.25) is 5.02 Å². The van der Waals surface area contributed by atoms with E-state index in [1.54, 1.807) is 6.92 Å². The van der Waals surface area contributed by atoms with Crippen LogP contribution in [0.1, 0.15) is 29.5 Å². The molecule has 1 aliphatic rings. The smallest absolute Gasteiger partial charge is 0.271 e. The van der Waals surface area contributed by atoms with Crippen molar-refractivity contribution in [2.24, 2.45) is 11.7 Å². The predicted octanol–water partition coefficient (Wildman–Crippen LogP) is 3.87. The van der Waals surface area contributed by atoms with Gasteiger partial charge in [0.25, 0.3) is 5.69 Å². The lowest BCUT2D eigenvalue weighted by molar-refractivity contribution is -0.384. The van der Waals surface area contributed by atoms with Crippen molar-refractivity contribution >= 4 is 28.9 Å². The summed E-state index contributed by atoms with van der Waals surface area (Å²) in [5.41, 5.74) is 9.13. The highest BCUT2D eigenvalue weighted by Gasteiger charge is 2.23. The Labute approximate surface area is 175 Å². The van der Waals surface area contributed by atoms with E-state index in [1.807, 2.05) is 12.1 Å². The average Bonchev–Trinajstić information content (AvgIpc) is 2.67. The first-order valence-electron chi connectivity index (χ1n) is 9.61. The van der Waals surface area contributed by atoms with Crippen LogP contribution in [0.4, 0.5) is 11.4 Å². The number of benzene rings is 2. The minimum absolute atomic E-state index is 0.0177. The van der Waals surface area contributed by atoms with Crippen molar-refractivity contribution < 1.29 is 9.72 Å². The Morgan fingerprint density at radius 1 is 1.34 bits per heavy atom. The summed E-state index contributed by atoms with van der Waals surface area (Å²) >= 11 is 6.23. The van der Waals surface area contributed by atoms with Crippen molar-refractivity contribution in [3.63, 3.8) is 0 Å². The van der Waals surface area contributed by atoms with Crippen LogP contribution in [0.3, 0.4) is 0 Å². The maximum absolute atomic E-state index is 11.5. The van der Waals surface area contributed by atoms with E-state index in [9.17, 15) is 14.9 Å². The molecule has 7 nitrogen and oxygen atoms in total. The summed E-state index contributed by atoms with van der Waals surface area (Å²) < 4.78 is 0. The lowest BCUT2D eigenvalue weighted by Gasteiger charge is -2.31. The van der Waals surface area contributed by atoms with Crippen LogP contribution >= 0.6 is 11.6 Å². The van der Waals surface area contributed by atoms with Gasteiger partial charge in [0.15, 0.2) is 0 Å². The molecule has 154 valence electrons. The van der Waals surface area contributed by atoms with E-state index < -0.39 is 4.92 Å². The van der Waals surface area contributed by atoms with Gasteiger partial charge in [0, 0.05) is 31.8 Å². The molecule has 0 saturated carbocycles. The SMILES string of the molecule is Cc1cc([N+](=O)[O-])cc(Cl)c1NCc1cccc(CN2CCCC(C(N)=O)C2)c1. The second kappa shape index (κ2) is 9.24. The fourth-order valence-electron chi connectivity index (χ4n) is 3.77. The maximum atomic E-state index is 11.5. The Bertz CT molecular complexity index is 896. The van der Waals surface area contributed by atoms with Gasteiger partial charge in [-0.05, 0) is 43.0 Å². The number of rotatable bonds is 7. The molecule has 0 radical (unpaired) electrons. The molecule has 2 aromatic carbocycles. The number of aryl methyl sites for hydroxylation is 1. The summed E-state index contributed by atoms with van der Waals surface area (Å²) in [7, 11) is 0. The van der Waals surface area contributed by atoms with Gasteiger partial charge in [-0.3, -0.25) is 19.8 Å². The summed E-state index contributed by atoms with van der Waals surface area (Å²) in [5, 5.41) is 14.6. The van der Waals surface area contributed by atoms with Crippen molar-refractivity contribution in [2.45, 2.75) is 32.9 Å². The summed E-state index contributed by atoms with van der Waals surface area (Å²) in [6.45, 7) is 4.79. The molecule has 3 rings (SSSR count). The molecular formula is C21H25ClN4O3. The number of nitrogens with two attached hydrogens (primary N) is 1. The van der Waals surface area contributed by atoms with Crippen molar-refractivity contribution in [1.29, 1.82) is 0 Å². The number of piperidine rings is 1. The van der Waals surface area contributed by atoms with Crippen molar-refractivity contribution in [1.82, 2.24) is 4.90 Å². The number of carbonyl (C=O) groups excluding carboxylic acids is 1. The average molecular weight is 417 g/mol. The quantitative estimate of drug-likeness (QED) is 0.527. The van der Waals surface area contributed by atoms with E-state index >= 15 is 0 Å². The number of carbonyl (C=O) groups is 1. The molecule has 1 aliphatic heterocycles. The van der Waals surface area contributed by atoms with Gasteiger partial charge in [-0.25, -0.2) is 0 Å².